The van der Waals surface area contributed by atoms with E-state index in [1.807, 2.05) is 0 Å². The highest BCUT2D eigenvalue weighted by Gasteiger charge is 2.22. The van der Waals surface area contributed by atoms with E-state index >= 15 is 0 Å². The highest BCUT2D eigenvalue weighted by Crippen LogP contribution is 2.28. The van der Waals surface area contributed by atoms with Gasteiger partial charge >= 0.3 is 0 Å². The van der Waals surface area contributed by atoms with Crippen molar-refractivity contribution in [2.75, 3.05) is 0 Å². The van der Waals surface area contributed by atoms with Crippen LogP contribution in [0.4, 0.5) is 0 Å². The van der Waals surface area contributed by atoms with Crippen molar-refractivity contribution in [2.45, 2.75) is 38.6 Å². The van der Waals surface area contributed by atoms with Crippen LogP contribution in [0, 0.1) is 5.92 Å². The second-order valence-corrected chi connectivity index (χ2v) is 3.66. The van der Waals surface area contributed by atoms with Gasteiger partial charge in [-0.1, -0.05) is 26.5 Å². The summed E-state index contributed by atoms with van der Waals surface area (Å²) >= 11 is 0. The SMILES string of the molecule is C=CC(=C)NC1CCC(CC)C1. The Hall–Kier alpha value is -0.720. The summed E-state index contributed by atoms with van der Waals surface area (Å²) in [4.78, 5) is 0. The maximum Gasteiger partial charge on any atom is 0.0263 e. The average molecular weight is 165 g/mol. The Morgan fingerprint density at radius 2 is 2.33 bits per heavy atom. The third-order valence-electron chi connectivity index (χ3n) is 2.75. The van der Waals surface area contributed by atoms with Gasteiger partial charge in [0.05, 0.1) is 0 Å². The second kappa shape index (κ2) is 4.34. The third kappa shape index (κ3) is 2.40. The minimum atomic E-state index is 0.653. The standard InChI is InChI=1S/C11H19N/c1-4-9(3)12-11-7-6-10(5-2)8-11/h4,10-12H,1,3,5-8H2,2H3. The van der Waals surface area contributed by atoms with Crippen LogP contribution < -0.4 is 5.32 Å². The summed E-state index contributed by atoms with van der Waals surface area (Å²) in [5.74, 6) is 0.931. The van der Waals surface area contributed by atoms with E-state index in [9.17, 15) is 0 Å². The molecular weight excluding hydrogens is 146 g/mol. The van der Waals surface area contributed by atoms with Gasteiger partial charge in [-0.25, -0.2) is 0 Å². The molecule has 0 aromatic heterocycles. The fourth-order valence-electron chi connectivity index (χ4n) is 1.90. The van der Waals surface area contributed by atoms with Crippen LogP contribution >= 0.6 is 0 Å². The quantitative estimate of drug-likeness (QED) is 0.632. The molecule has 0 aromatic rings. The van der Waals surface area contributed by atoms with Crippen LogP contribution in [0.25, 0.3) is 0 Å². The van der Waals surface area contributed by atoms with E-state index in [-0.39, 0.29) is 0 Å². The molecule has 0 radical (unpaired) electrons. The van der Waals surface area contributed by atoms with Crippen molar-refractivity contribution in [3.8, 4) is 0 Å². The van der Waals surface area contributed by atoms with E-state index in [1.54, 1.807) is 6.08 Å². The molecule has 1 aliphatic carbocycles. The molecule has 1 heteroatoms. The minimum Gasteiger partial charge on any atom is -0.383 e. The second-order valence-electron chi connectivity index (χ2n) is 3.66. The molecule has 12 heavy (non-hydrogen) atoms. The minimum absolute atomic E-state index is 0.653. The smallest absolute Gasteiger partial charge is 0.0263 e. The molecule has 0 amide bonds. The first-order chi connectivity index (χ1) is 5.76. The molecule has 0 heterocycles. The van der Waals surface area contributed by atoms with E-state index in [0.29, 0.717) is 6.04 Å². The molecule has 2 unspecified atom stereocenters. The van der Waals surface area contributed by atoms with Crippen molar-refractivity contribution in [2.24, 2.45) is 5.92 Å². The molecule has 1 rings (SSSR count). The summed E-state index contributed by atoms with van der Waals surface area (Å²) in [5.41, 5.74) is 0.969. The van der Waals surface area contributed by atoms with Gasteiger partial charge in [-0.3, -0.25) is 0 Å². The molecule has 1 saturated carbocycles. The summed E-state index contributed by atoms with van der Waals surface area (Å²) < 4.78 is 0. The number of rotatable bonds is 4. The van der Waals surface area contributed by atoms with Crippen molar-refractivity contribution in [1.82, 2.24) is 5.32 Å². The van der Waals surface area contributed by atoms with Gasteiger partial charge in [-0.15, -0.1) is 0 Å². The van der Waals surface area contributed by atoms with Crippen LogP contribution in [-0.4, -0.2) is 6.04 Å². The van der Waals surface area contributed by atoms with Crippen molar-refractivity contribution in [3.63, 3.8) is 0 Å². The first-order valence-electron chi connectivity index (χ1n) is 4.84. The molecule has 1 aliphatic rings. The molecule has 0 saturated heterocycles. The average Bonchev–Trinajstić information content (AvgIpc) is 2.52. The van der Waals surface area contributed by atoms with Gasteiger partial charge in [0.25, 0.3) is 0 Å². The topological polar surface area (TPSA) is 12.0 Å². The van der Waals surface area contributed by atoms with Gasteiger partial charge in [0.15, 0.2) is 0 Å². The van der Waals surface area contributed by atoms with Crippen LogP contribution in [-0.2, 0) is 0 Å². The Labute approximate surface area is 75.6 Å². The van der Waals surface area contributed by atoms with Crippen molar-refractivity contribution in [3.05, 3.63) is 24.9 Å². The molecule has 0 aliphatic heterocycles. The maximum absolute atomic E-state index is 3.86. The van der Waals surface area contributed by atoms with Crippen LogP contribution in [0.15, 0.2) is 24.9 Å². The van der Waals surface area contributed by atoms with Crippen molar-refractivity contribution in [1.29, 1.82) is 0 Å². The van der Waals surface area contributed by atoms with Gasteiger partial charge in [0, 0.05) is 11.7 Å². The zero-order valence-corrected chi connectivity index (χ0v) is 7.97. The fraction of sp³-hybridized carbons (Fsp3) is 0.636. The Morgan fingerprint density at radius 3 is 2.83 bits per heavy atom. The third-order valence-corrected chi connectivity index (χ3v) is 2.75. The van der Waals surface area contributed by atoms with Crippen LogP contribution in [0.5, 0.6) is 0 Å². The lowest BCUT2D eigenvalue weighted by Crippen LogP contribution is -2.24. The lowest BCUT2D eigenvalue weighted by atomic mass is 10.1. The normalized spacial score (nSPS) is 28.4. The molecule has 0 aromatic carbocycles. The van der Waals surface area contributed by atoms with Crippen molar-refractivity contribution < 1.29 is 0 Å². The fourth-order valence-corrected chi connectivity index (χ4v) is 1.90. The van der Waals surface area contributed by atoms with E-state index in [1.165, 1.54) is 25.7 Å². The van der Waals surface area contributed by atoms with Gasteiger partial charge in [0.2, 0.25) is 0 Å². The first-order valence-corrected chi connectivity index (χ1v) is 4.84. The Morgan fingerprint density at radius 1 is 1.58 bits per heavy atom. The zero-order valence-electron chi connectivity index (χ0n) is 7.97. The molecule has 68 valence electrons. The molecule has 1 N–H and O–H groups in total. The molecule has 0 bridgehead atoms. The first kappa shape index (κ1) is 9.37. The lowest BCUT2D eigenvalue weighted by molar-refractivity contribution is 0.502. The number of hydrogen-bond acceptors (Lipinski definition) is 1. The molecule has 1 nitrogen and oxygen atoms in total. The van der Waals surface area contributed by atoms with E-state index in [2.05, 4.69) is 25.4 Å². The zero-order chi connectivity index (χ0) is 8.97. The van der Waals surface area contributed by atoms with Crippen LogP contribution in [0.2, 0.25) is 0 Å². The molecule has 2 atom stereocenters. The predicted molar refractivity (Wildman–Crippen MR) is 53.9 cm³/mol. The van der Waals surface area contributed by atoms with E-state index in [4.69, 9.17) is 0 Å². The Balaban J connectivity index is 2.27. The number of allylic oxidation sites excluding steroid dienone is 1. The summed E-state index contributed by atoms with van der Waals surface area (Å²) in [6, 6.07) is 0.653. The summed E-state index contributed by atoms with van der Waals surface area (Å²) in [7, 11) is 0. The predicted octanol–water partition coefficient (Wildman–Crippen LogP) is 2.85. The number of hydrogen-bond donors (Lipinski definition) is 1. The Bertz CT molecular complexity index is 172. The molecule has 0 spiro atoms. The lowest BCUT2D eigenvalue weighted by Gasteiger charge is -2.13. The molecule has 1 fully saturated rings. The number of nitrogens with one attached hydrogen (secondary N) is 1. The van der Waals surface area contributed by atoms with Gasteiger partial charge < -0.3 is 5.32 Å². The Kier molecular flexibility index (Phi) is 3.39. The van der Waals surface area contributed by atoms with E-state index < -0.39 is 0 Å². The summed E-state index contributed by atoms with van der Waals surface area (Å²) in [6.45, 7) is 9.81. The maximum atomic E-state index is 3.86. The summed E-state index contributed by atoms with van der Waals surface area (Å²) in [6.07, 6.45) is 7.09. The molecular formula is C11H19N. The van der Waals surface area contributed by atoms with Gasteiger partial charge in [-0.2, -0.15) is 0 Å². The monoisotopic (exact) mass is 165 g/mol. The van der Waals surface area contributed by atoms with Crippen LogP contribution in [0.3, 0.4) is 0 Å². The highest BCUT2D eigenvalue weighted by atomic mass is 14.9. The van der Waals surface area contributed by atoms with Crippen molar-refractivity contribution >= 4 is 0 Å². The largest absolute Gasteiger partial charge is 0.383 e. The van der Waals surface area contributed by atoms with E-state index in [0.717, 1.165) is 11.6 Å². The highest BCUT2D eigenvalue weighted by molar-refractivity contribution is 5.09. The van der Waals surface area contributed by atoms with Gasteiger partial charge in [0.1, 0.15) is 0 Å². The summed E-state index contributed by atoms with van der Waals surface area (Å²) in [5, 5.41) is 3.38. The van der Waals surface area contributed by atoms with Crippen LogP contribution in [0.1, 0.15) is 32.6 Å². The van der Waals surface area contributed by atoms with Gasteiger partial charge in [-0.05, 0) is 31.3 Å².